The number of ether oxygens (including phenoxy) is 1. The Balaban J connectivity index is 3.60. The Hall–Kier alpha value is 0.270. The van der Waals surface area contributed by atoms with Crippen molar-refractivity contribution in [2.24, 2.45) is 0 Å². The zero-order valence-corrected chi connectivity index (χ0v) is 10.8. The summed E-state index contributed by atoms with van der Waals surface area (Å²) in [4.78, 5) is 0. The van der Waals surface area contributed by atoms with Gasteiger partial charge in [-0.05, 0) is 25.1 Å². The monoisotopic (exact) mass is 219 g/mol. The molecule has 1 unspecified atom stereocenters. The van der Waals surface area contributed by atoms with E-state index in [2.05, 4.69) is 26.1 Å². The number of hydrogen-bond donors (Lipinski definition) is 1. The zero-order valence-electron chi connectivity index (χ0n) is 10.0. The largest absolute Gasteiger partial charge is 0.380 e. The SMILES string of the molecule is CCCNC(COCC)CSC(C)C. The molecule has 86 valence electrons. The third-order valence-electron chi connectivity index (χ3n) is 1.84. The molecule has 1 atom stereocenters. The van der Waals surface area contributed by atoms with E-state index in [9.17, 15) is 0 Å². The van der Waals surface area contributed by atoms with Gasteiger partial charge in [-0.25, -0.2) is 0 Å². The highest BCUT2D eigenvalue weighted by Crippen LogP contribution is 2.10. The van der Waals surface area contributed by atoms with Gasteiger partial charge in [0.05, 0.1) is 6.61 Å². The molecular formula is C11H25NOS. The zero-order chi connectivity index (χ0) is 10.8. The Bertz CT molecular complexity index is 112. The van der Waals surface area contributed by atoms with Crippen molar-refractivity contribution in [1.29, 1.82) is 0 Å². The first-order valence-corrected chi connectivity index (χ1v) is 6.68. The molecule has 0 aromatic heterocycles. The summed E-state index contributed by atoms with van der Waals surface area (Å²) in [5, 5.41) is 4.22. The Morgan fingerprint density at radius 3 is 2.50 bits per heavy atom. The van der Waals surface area contributed by atoms with E-state index >= 15 is 0 Å². The lowest BCUT2D eigenvalue weighted by Crippen LogP contribution is -2.36. The van der Waals surface area contributed by atoms with Crippen molar-refractivity contribution in [3.63, 3.8) is 0 Å². The van der Waals surface area contributed by atoms with E-state index in [1.807, 2.05) is 18.7 Å². The molecule has 3 heteroatoms. The van der Waals surface area contributed by atoms with E-state index in [4.69, 9.17) is 4.74 Å². The fourth-order valence-electron chi connectivity index (χ4n) is 1.08. The van der Waals surface area contributed by atoms with Crippen LogP contribution in [0.2, 0.25) is 0 Å². The van der Waals surface area contributed by atoms with E-state index in [1.165, 1.54) is 6.42 Å². The molecule has 2 nitrogen and oxygen atoms in total. The molecule has 0 saturated heterocycles. The highest BCUT2D eigenvalue weighted by molar-refractivity contribution is 7.99. The van der Waals surface area contributed by atoms with Crippen molar-refractivity contribution < 1.29 is 4.74 Å². The van der Waals surface area contributed by atoms with E-state index in [-0.39, 0.29) is 0 Å². The molecule has 0 bridgehead atoms. The van der Waals surface area contributed by atoms with Crippen molar-refractivity contribution in [2.45, 2.75) is 45.4 Å². The van der Waals surface area contributed by atoms with Gasteiger partial charge in [-0.2, -0.15) is 11.8 Å². The minimum Gasteiger partial charge on any atom is -0.380 e. The van der Waals surface area contributed by atoms with Gasteiger partial charge < -0.3 is 10.1 Å². The molecule has 0 rings (SSSR count). The molecule has 0 aromatic carbocycles. The highest BCUT2D eigenvalue weighted by atomic mass is 32.2. The first-order chi connectivity index (χ1) is 6.70. The first kappa shape index (κ1) is 14.3. The summed E-state index contributed by atoms with van der Waals surface area (Å²) in [6, 6.07) is 0.516. The summed E-state index contributed by atoms with van der Waals surface area (Å²) in [5.74, 6) is 1.15. The summed E-state index contributed by atoms with van der Waals surface area (Å²) >= 11 is 2.00. The summed E-state index contributed by atoms with van der Waals surface area (Å²) in [6.45, 7) is 11.5. The van der Waals surface area contributed by atoms with Crippen molar-refractivity contribution in [3.8, 4) is 0 Å². The summed E-state index contributed by atoms with van der Waals surface area (Å²) in [6.07, 6.45) is 1.19. The van der Waals surface area contributed by atoms with Crippen molar-refractivity contribution in [2.75, 3.05) is 25.5 Å². The van der Waals surface area contributed by atoms with Crippen LogP contribution in [-0.2, 0) is 4.74 Å². The van der Waals surface area contributed by atoms with Gasteiger partial charge in [0.15, 0.2) is 0 Å². The van der Waals surface area contributed by atoms with Gasteiger partial charge in [0.25, 0.3) is 0 Å². The summed E-state index contributed by atoms with van der Waals surface area (Å²) < 4.78 is 5.45. The minimum absolute atomic E-state index is 0.516. The predicted octanol–water partition coefficient (Wildman–Crippen LogP) is 2.53. The average Bonchev–Trinajstić information content (AvgIpc) is 2.16. The molecule has 0 amide bonds. The van der Waals surface area contributed by atoms with Crippen LogP contribution >= 0.6 is 11.8 Å². The maximum atomic E-state index is 5.45. The third-order valence-corrected chi connectivity index (χ3v) is 3.10. The maximum Gasteiger partial charge on any atom is 0.0627 e. The van der Waals surface area contributed by atoms with Crippen LogP contribution in [0.25, 0.3) is 0 Å². The lowest BCUT2D eigenvalue weighted by Gasteiger charge is -2.18. The van der Waals surface area contributed by atoms with Crippen LogP contribution in [0.15, 0.2) is 0 Å². The molecule has 0 fully saturated rings. The molecule has 0 aliphatic carbocycles. The van der Waals surface area contributed by atoms with Crippen molar-refractivity contribution >= 4 is 11.8 Å². The van der Waals surface area contributed by atoms with Gasteiger partial charge in [-0.1, -0.05) is 20.8 Å². The summed E-state index contributed by atoms with van der Waals surface area (Å²) in [7, 11) is 0. The van der Waals surface area contributed by atoms with Crippen molar-refractivity contribution in [3.05, 3.63) is 0 Å². The average molecular weight is 219 g/mol. The second kappa shape index (κ2) is 9.81. The molecule has 0 radical (unpaired) electrons. The molecule has 0 aromatic rings. The normalized spacial score (nSPS) is 13.5. The minimum atomic E-state index is 0.516. The quantitative estimate of drug-likeness (QED) is 0.644. The van der Waals surface area contributed by atoms with Gasteiger partial charge in [0.2, 0.25) is 0 Å². The summed E-state index contributed by atoms with van der Waals surface area (Å²) in [5.41, 5.74) is 0. The van der Waals surface area contributed by atoms with Crippen LogP contribution in [0.1, 0.15) is 34.1 Å². The topological polar surface area (TPSA) is 21.3 Å². The Kier molecular flexibility index (Phi) is 10.0. The Morgan fingerprint density at radius 2 is 2.00 bits per heavy atom. The molecule has 1 N–H and O–H groups in total. The van der Waals surface area contributed by atoms with Crippen LogP contribution in [0, 0.1) is 0 Å². The molecular weight excluding hydrogens is 194 g/mol. The lowest BCUT2D eigenvalue weighted by molar-refractivity contribution is 0.128. The highest BCUT2D eigenvalue weighted by Gasteiger charge is 2.08. The number of rotatable bonds is 9. The van der Waals surface area contributed by atoms with E-state index in [0.717, 1.165) is 25.5 Å². The molecule has 0 aliphatic rings. The number of thioether (sulfide) groups is 1. The Morgan fingerprint density at radius 1 is 1.29 bits per heavy atom. The molecule has 0 saturated carbocycles. The molecule has 0 spiro atoms. The molecule has 14 heavy (non-hydrogen) atoms. The maximum absolute atomic E-state index is 5.45. The van der Waals surface area contributed by atoms with Gasteiger partial charge in [-0.15, -0.1) is 0 Å². The van der Waals surface area contributed by atoms with Crippen LogP contribution < -0.4 is 5.32 Å². The Labute approximate surface area is 93.2 Å². The van der Waals surface area contributed by atoms with Gasteiger partial charge in [-0.3, -0.25) is 0 Å². The molecule has 0 heterocycles. The van der Waals surface area contributed by atoms with E-state index in [1.54, 1.807) is 0 Å². The van der Waals surface area contributed by atoms with E-state index < -0.39 is 0 Å². The fraction of sp³-hybridized carbons (Fsp3) is 1.00. The first-order valence-electron chi connectivity index (χ1n) is 5.63. The van der Waals surface area contributed by atoms with Crippen LogP contribution in [-0.4, -0.2) is 36.8 Å². The molecule has 0 aliphatic heterocycles. The van der Waals surface area contributed by atoms with Crippen LogP contribution in [0.5, 0.6) is 0 Å². The predicted molar refractivity (Wildman–Crippen MR) is 66.2 cm³/mol. The smallest absolute Gasteiger partial charge is 0.0627 e. The number of hydrogen-bond acceptors (Lipinski definition) is 3. The van der Waals surface area contributed by atoms with Crippen LogP contribution in [0.4, 0.5) is 0 Å². The van der Waals surface area contributed by atoms with Gasteiger partial charge in [0.1, 0.15) is 0 Å². The lowest BCUT2D eigenvalue weighted by atomic mass is 10.3. The number of nitrogens with one attached hydrogen (secondary N) is 1. The van der Waals surface area contributed by atoms with E-state index in [0.29, 0.717) is 11.3 Å². The van der Waals surface area contributed by atoms with Gasteiger partial charge >= 0.3 is 0 Å². The third kappa shape index (κ3) is 8.85. The standard InChI is InChI=1S/C11H25NOS/c1-5-7-12-11(8-13-6-2)9-14-10(3)4/h10-12H,5-9H2,1-4H3. The second-order valence-electron chi connectivity index (χ2n) is 3.69. The fourth-order valence-corrected chi connectivity index (χ4v) is 1.91. The van der Waals surface area contributed by atoms with Gasteiger partial charge in [0, 0.05) is 18.4 Å². The second-order valence-corrected chi connectivity index (χ2v) is 5.30. The van der Waals surface area contributed by atoms with Crippen molar-refractivity contribution in [1.82, 2.24) is 5.32 Å². The van der Waals surface area contributed by atoms with Crippen LogP contribution in [0.3, 0.4) is 0 Å².